The molecule has 2 aromatic rings. The number of ether oxygens (including phenoxy) is 1. The predicted octanol–water partition coefficient (Wildman–Crippen LogP) is 5.80. The van der Waals surface area contributed by atoms with Gasteiger partial charge in [-0.2, -0.15) is 5.10 Å². The molecule has 116 valence electrons. The lowest BCUT2D eigenvalue weighted by Gasteiger charge is -2.08. The van der Waals surface area contributed by atoms with Gasteiger partial charge in [-0.15, -0.1) is 0 Å². The Balaban J connectivity index is 2.11. The van der Waals surface area contributed by atoms with Crippen molar-refractivity contribution >= 4 is 46.7 Å². The molecule has 0 aliphatic rings. The van der Waals surface area contributed by atoms with Crippen LogP contribution in [0, 0.1) is 6.92 Å². The van der Waals surface area contributed by atoms with Crippen molar-refractivity contribution in [1.82, 2.24) is 0 Å². The van der Waals surface area contributed by atoms with Crippen LogP contribution in [-0.4, -0.2) is 12.8 Å². The van der Waals surface area contributed by atoms with Crippen LogP contribution in [0.4, 0.5) is 5.69 Å². The smallest absolute Gasteiger partial charge is 0.156 e. The number of rotatable bonds is 5. The van der Waals surface area contributed by atoms with Crippen LogP contribution in [0.15, 0.2) is 35.4 Å². The van der Waals surface area contributed by atoms with E-state index >= 15 is 0 Å². The van der Waals surface area contributed by atoms with Gasteiger partial charge in [0.2, 0.25) is 0 Å². The maximum atomic E-state index is 6.14. The minimum atomic E-state index is 0.453. The van der Waals surface area contributed by atoms with E-state index < -0.39 is 0 Å². The summed E-state index contributed by atoms with van der Waals surface area (Å²) in [5.74, 6) is 0.487. The Morgan fingerprint density at radius 2 is 1.77 bits per heavy atom. The van der Waals surface area contributed by atoms with E-state index in [2.05, 4.69) is 10.5 Å². The summed E-state index contributed by atoms with van der Waals surface area (Å²) in [5, 5.41) is 5.74. The number of nitrogens with one attached hydrogen (secondary N) is 1. The van der Waals surface area contributed by atoms with Gasteiger partial charge in [-0.05, 0) is 49.2 Å². The standard InChI is InChI=1S/C16H15Cl3N2O/c1-3-22-16-14(18)6-11(7-15(16)19)9-20-21-12-5-4-10(2)13(17)8-12/h4-9,21H,3H2,1-2H3/b20-9+. The van der Waals surface area contributed by atoms with Crippen molar-refractivity contribution in [1.29, 1.82) is 0 Å². The molecule has 22 heavy (non-hydrogen) atoms. The third kappa shape index (κ3) is 4.29. The monoisotopic (exact) mass is 356 g/mol. The molecule has 0 saturated carbocycles. The molecule has 0 atom stereocenters. The van der Waals surface area contributed by atoms with Crippen LogP contribution >= 0.6 is 34.8 Å². The molecule has 6 heteroatoms. The van der Waals surface area contributed by atoms with Crippen LogP contribution in [0.2, 0.25) is 15.1 Å². The quantitative estimate of drug-likeness (QED) is 0.542. The SMILES string of the molecule is CCOc1c(Cl)cc(/C=N/Nc2ccc(C)c(Cl)c2)cc1Cl. The number of hydrogen-bond donors (Lipinski definition) is 1. The number of benzene rings is 2. The van der Waals surface area contributed by atoms with E-state index in [1.54, 1.807) is 18.3 Å². The molecule has 3 nitrogen and oxygen atoms in total. The number of aryl methyl sites for hydroxylation is 1. The third-order valence-electron chi connectivity index (χ3n) is 2.89. The normalized spacial score (nSPS) is 11.0. The molecule has 1 N–H and O–H groups in total. The number of anilines is 1. The van der Waals surface area contributed by atoms with Gasteiger partial charge in [0, 0.05) is 5.02 Å². The first-order chi connectivity index (χ1) is 10.5. The van der Waals surface area contributed by atoms with Gasteiger partial charge in [0.25, 0.3) is 0 Å². The number of nitrogens with zero attached hydrogens (tertiary/aromatic N) is 1. The summed E-state index contributed by atoms with van der Waals surface area (Å²) >= 11 is 18.3. The fraction of sp³-hybridized carbons (Fsp3) is 0.188. The molecule has 0 heterocycles. The van der Waals surface area contributed by atoms with E-state index in [-0.39, 0.29) is 0 Å². The van der Waals surface area contributed by atoms with Crippen molar-refractivity contribution in [2.75, 3.05) is 12.0 Å². The predicted molar refractivity (Wildman–Crippen MR) is 95.0 cm³/mol. The Kier molecular flexibility index (Phi) is 5.95. The summed E-state index contributed by atoms with van der Waals surface area (Å²) in [6.07, 6.45) is 1.63. The van der Waals surface area contributed by atoms with Gasteiger partial charge >= 0.3 is 0 Å². The Bertz CT molecular complexity index is 679. The molecule has 0 fully saturated rings. The Morgan fingerprint density at radius 3 is 2.36 bits per heavy atom. The first-order valence-electron chi connectivity index (χ1n) is 6.68. The van der Waals surface area contributed by atoms with Gasteiger partial charge in [0.1, 0.15) is 0 Å². The van der Waals surface area contributed by atoms with E-state index in [4.69, 9.17) is 39.5 Å². The molecule has 0 aliphatic carbocycles. The van der Waals surface area contributed by atoms with Crippen molar-refractivity contribution in [2.45, 2.75) is 13.8 Å². The average Bonchev–Trinajstić information content (AvgIpc) is 2.47. The van der Waals surface area contributed by atoms with E-state index in [0.29, 0.717) is 27.4 Å². The molecule has 0 amide bonds. The van der Waals surface area contributed by atoms with Crippen LogP contribution in [-0.2, 0) is 0 Å². The van der Waals surface area contributed by atoms with Crippen molar-refractivity contribution in [3.8, 4) is 5.75 Å². The molecule has 0 bridgehead atoms. The lowest BCUT2D eigenvalue weighted by Crippen LogP contribution is -1.95. The van der Waals surface area contributed by atoms with E-state index in [0.717, 1.165) is 16.8 Å². The largest absolute Gasteiger partial charge is 0.491 e. The summed E-state index contributed by atoms with van der Waals surface area (Å²) in [7, 11) is 0. The summed E-state index contributed by atoms with van der Waals surface area (Å²) in [4.78, 5) is 0. The summed E-state index contributed by atoms with van der Waals surface area (Å²) in [5.41, 5.74) is 5.49. The highest BCUT2D eigenvalue weighted by molar-refractivity contribution is 6.37. The summed E-state index contributed by atoms with van der Waals surface area (Å²) in [6, 6.07) is 9.12. The second-order valence-corrected chi connectivity index (χ2v) is 5.80. The summed E-state index contributed by atoms with van der Waals surface area (Å²) < 4.78 is 5.38. The van der Waals surface area contributed by atoms with Gasteiger partial charge in [0.05, 0.1) is 28.6 Å². The van der Waals surface area contributed by atoms with Crippen molar-refractivity contribution in [3.05, 3.63) is 56.5 Å². The topological polar surface area (TPSA) is 33.6 Å². The van der Waals surface area contributed by atoms with Crippen LogP contribution in [0.1, 0.15) is 18.1 Å². The molecule has 0 radical (unpaired) electrons. The zero-order chi connectivity index (χ0) is 16.1. The van der Waals surface area contributed by atoms with Gasteiger partial charge in [-0.1, -0.05) is 40.9 Å². The van der Waals surface area contributed by atoms with Gasteiger partial charge in [0.15, 0.2) is 5.75 Å². The number of hydrazone groups is 1. The van der Waals surface area contributed by atoms with E-state index in [1.807, 2.05) is 32.0 Å². The van der Waals surface area contributed by atoms with Gasteiger partial charge in [-0.25, -0.2) is 0 Å². The molecule has 2 aromatic carbocycles. The average molecular weight is 358 g/mol. The fourth-order valence-electron chi connectivity index (χ4n) is 1.78. The third-order valence-corrected chi connectivity index (χ3v) is 3.86. The first-order valence-corrected chi connectivity index (χ1v) is 7.81. The van der Waals surface area contributed by atoms with Crippen LogP contribution in [0.25, 0.3) is 0 Å². The molecule has 0 aliphatic heterocycles. The lowest BCUT2D eigenvalue weighted by molar-refractivity contribution is 0.340. The second kappa shape index (κ2) is 7.73. The number of hydrogen-bond acceptors (Lipinski definition) is 3. The first kappa shape index (κ1) is 16.9. The molecule has 0 unspecified atom stereocenters. The highest BCUT2D eigenvalue weighted by atomic mass is 35.5. The minimum Gasteiger partial charge on any atom is -0.491 e. The van der Waals surface area contributed by atoms with Crippen molar-refractivity contribution in [3.63, 3.8) is 0 Å². The fourth-order valence-corrected chi connectivity index (χ4v) is 2.57. The molecular formula is C16H15Cl3N2O. The lowest BCUT2D eigenvalue weighted by atomic mass is 10.2. The molecular weight excluding hydrogens is 343 g/mol. The Hall–Kier alpha value is -1.42. The maximum absolute atomic E-state index is 6.14. The zero-order valence-electron chi connectivity index (χ0n) is 12.2. The van der Waals surface area contributed by atoms with E-state index in [9.17, 15) is 0 Å². The second-order valence-electron chi connectivity index (χ2n) is 4.58. The van der Waals surface area contributed by atoms with Crippen LogP contribution in [0.3, 0.4) is 0 Å². The van der Waals surface area contributed by atoms with Crippen molar-refractivity contribution in [2.24, 2.45) is 5.10 Å². The molecule has 0 saturated heterocycles. The highest BCUT2D eigenvalue weighted by Gasteiger charge is 2.08. The van der Waals surface area contributed by atoms with E-state index in [1.165, 1.54) is 0 Å². The molecule has 2 rings (SSSR count). The van der Waals surface area contributed by atoms with Crippen LogP contribution < -0.4 is 10.2 Å². The number of halogens is 3. The Morgan fingerprint density at radius 1 is 1.09 bits per heavy atom. The van der Waals surface area contributed by atoms with Gasteiger partial charge in [-0.3, -0.25) is 5.43 Å². The molecule has 0 aromatic heterocycles. The summed E-state index contributed by atoms with van der Waals surface area (Å²) in [6.45, 7) is 4.32. The maximum Gasteiger partial charge on any atom is 0.156 e. The highest BCUT2D eigenvalue weighted by Crippen LogP contribution is 2.33. The van der Waals surface area contributed by atoms with Gasteiger partial charge < -0.3 is 4.74 Å². The zero-order valence-corrected chi connectivity index (χ0v) is 14.4. The van der Waals surface area contributed by atoms with Crippen LogP contribution in [0.5, 0.6) is 5.75 Å². The minimum absolute atomic E-state index is 0.453. The molecule has 0 spiro atoms. The Labute approximate surface area is 144 Å². The van der Waals surface area contributed by atoms with Crippen molar-refractivity contribution < 1.29 is 4.74 Å².